The fraction of sp³-hybridized carbons (Fsp3) is 0.533. The van der Waals surface area contributed by atoms with Crippen molar-refractivity contribution in [3.8, 4) is 0 Å². The molecule has 6 nitrogen and oxygen atoms in total. The summed E-state index contributed by atoms with van der Waals surface area (Å²) in [6.45, 7) is 6.53. The van der Waals surface area contributed by atoms with Gasteiger partial charge in [-0.1, -0.05) is 12.1 Å². The SMILES string of the molecule is CCc1noc(C)c1C(=O)Nc1c(C)cnn1CC1CC1. The summed E-state index contributed by atoms with van der Waals surface area (Å²) in [5.74, 6) is 1.85. The number of carbonyl (C=O) groups is 1. The monoisotopic (exact) mass is 288 g/mol. The molecule has 0 unspecified atom stereocenters. The van der Waals surface area contributed by atoms with E-state index in [4.69, 9.17) is 4.52 Å². The number of nitrogens with zero attached hydrogens (tertiary/aromatic N) is 3. The second-order valence-electron chi connectivity index (χ2n) is 5.67. The molecule has 2 aromatic heterocycles. The molecule has 1 N–H and O–H groups in total. The van der Waals surface area contributed by atoms with Gasteiger partial charge in [0.1, 0.15) is 17.1 Å². The van der Waals surface area contributed by atoms with E-state index in [2.05, 4.69) is 15.6 Å². The minimum Gasteiger partial charge on any atom is -0.361 e. The van der Waals surface area contributed by atoms with Crippen molar-refractivity contribution in [3.63, 3.8) is 0 Å². The van der Waals surface area contributed by atoms with Crippen LogP contribution in [0.3, 0.4) is 0 Å². The van der Waals surface area contributed by atoms with Crippen LogP contribution < -0.4 is 5.32 Å². The minimum atomic E-state index is -0.175. The third-order valence-electron chi connectivity index (χ3n) is 3.88. The van der Waals surface area contributed by atoms with E-state index in [0.29, 0.717) is 29.4 Å². The highest BCUT2D eigenvalue weighted by Crippen LogP contribution is 2.32. The Morgan fingerprint density at radius 1 is 1.48 bits per heavy atom. The molecule has 2 aromatic rings. The van der Waals surface area contributed by atoms with Gasteiger partial charge in [-0.25, -0.2) is 4.68 Å². The van der Waals surface area contributed by atoms with Gasteiger partial charge >= 0.3 is 0 Å². The zero-order valence-electron chi connectivity index (χ0n) is 12.6. The molecule has 0 spiro atoms. The fourth-order valence-electron chi connectivity index (χ4n) is 2.45. The Hall–Kier alpha value is -2.11. The number of amides is 1. The Bertz CT molecular complexity index is 667. The number of carbonyl (C=O) groups excluding carboxylic acids is 1. The van der Waals surface area contributed by atoms with Crippen LogP contribution in [0.15, 0.2) is 10.7 Å². The maximum Gasteiger partial charge on any atom is 0.262 e. The lowest BCUT2D eigenvalue weighted by molar-refractivity contribution is 0.102. The number of hydrogen-bond acceptors (Lipinski definition) is 4. The van der Waals surface area contributed by atoms with Crippen molar-refractivity contribution in [2.45, 2.75) is 46.6 Å². The topological polar surface area (TPSA) is 73.0 Å². The van der Waals surface area contributed by atoms with Gasteiger partial charge in [0, 0.05) is 12.1 Å². The van der Waals surface area contributed by atoms with Crippen molar-refractivity contribution in [2.75, 3.05) is 5.32 Å². The zero-order valence-corrected chi connectivity index (χ0v) is 12.6. The van der Waals surface area contributed by atoms with Gasteiger partial charge in [0.25, 0.3) is 5.91 Å². The third kappa shape index (κ3) is 2.70. The summed E-state index contributed by atoms with van der Waals surface area (Å²) in [4.78, 5) is 12.5. The van der Waals surface area contributed by atoms with E-state index < -0.39 is 0 Å². The van der Waals surface area contributed by atoms with Crippen LogP contribution in [0.5, 0.6) is 0 Å². The van der Waals surface area contributed by atoms with Crippen LogP contribution in [0.4, 0.5) is 5.82 Å². The molecule has 1 fully saturated rings. The Morgan fingerprint density at radius 2 is 2.24 bits per heavy atom. The van der Waals surface area contributed by atoms with E-state index in [9.17, 15) is 4.79 Å². The molecule has 1 amide bonds. The minimum absolute atomic E-state index is 0.175. The highest BCUT2D eigenvalue weighted by atomic mass is 16.5. The summed E-state index contributed by atoms with van der Waals surface area (Å²) in [5.41, 5.74) is 2.20. The Labute approximate surface area is 123 Å². The van der Waals surface area contributed by atoms with Crippen molar-refractivity contribution in [3.05, 3.63) is 28.8 Å². The Kier molecular flexibility index (Phi) is 3.53. The number of aryl methyl sites for hydroxylation is 3. The molecule has 2 heterocycles. The molecule has 0 radical (unpaired) electrons. The standard InChI is InChI=1S/C15H20N4O2/c1-4-12-13(10(3)21-18-12)15(20)17-14-9(2)7-16-19(14)8-11-5-6-11/h7,11H,4-6,8H2,1-3H3,(H,17,20). The highest BCUT2D eigenvalue weighted by Gasteiger charge is 2.25. The summed E-state index contributed by atoms with van der Waals surface area (Å²) < 4.78 is 7.02. The Morgan fingerprint density at radius 3 is 2.90 bits per heavy atom. The molecule has 0 aliphatic heterocycles. The predicted molar refractivity (Wildman–Crippen MR) is 78.3 cm³/mol. The van der Waals surface area contributed by atoms with Gasteiger partial charge in [-0.2, -0.15) is 5.10 Å². The van der Waals surface area contributed by atoms with E-state index in [-0.39, 0.29) is 5.91 Å². The lowest BCUT2D eigenvalue weighted by Gasteiger charge is -2.09. The number of hydrogen-bond donors (Lipinski definition) is 1. The first-order valence-electron chi connectivity index (χ1n) is 7.39. The molecule has 1 aliphatic carbocycles. The fourth-order valence-corrected chi connectivity index (χ4v) is 2.45. The molecular weight excluding hydrogens is 268 g/mol. The van der Waals surface area contributed by atoms with Gasteiger partial charge in [-0.3, -0.25) is 4.79 Å². The van der Waals surface area contributed by atoms with Gasteiger partial charge in [-0.05, 0) is 39.0 Å². The molecule has 21 heavy (non-hydrogen) atoms. The first-order valence-corrected chi connectivity index (χ1v) is 7.39. The average Bonchev–Trinajstić information content (AvgIpc) is 3.11. The summed E-state index contributed by atoms with van der Waals surface area (Å²) >= 11 is 0. The normalized spacial score (nSPS) is 14.4. The van der Waals surface area contributed by atoms with Crippen LogP contribution in [0.2, 0.25) is 0 Å². The number of anilines is 1. The molecule has 6 heteroatoms. The van der Waals surface area contributed by atoms with Gasteiger partial charge in [0.05, 0.1) is 11.9 Å². The van der Waals surface area contributed by atoms with E-state index >= 15 is 0 Å². The number of rotatable bonds is 5. The van der Waals surface area contributed by atoms with E-state index in [0.717, 1.165) is 17.9 Å². The molecule has 0 bridgehead atoms. The van der Waals surface area contributed by atoms with E-state index in [1.807, 2.05) is 18.5 Å². The largest absolute Gasteiger partial charge is 0.361 e. The molecule has 0 saturated heterocycles. The lowest BCUT2D eigenvalue weighted by Crippen LogP contribution is -2.18. The molecule has 3 rings (SSSR count). The van der Waals surface area contributed by atoms with E-state index in [1.54, 1.807) is 13.1 Å². The van der Waals surface area contributed by atoms with E-state index in [1.165, 1.54) is 12.8 Å². The first kappa shape index (κ1) is 13.9. The number of aromatic nitrogens is 3. The summed E-state index contributed by atoms with van der Waals surface area (Å²) in [7, 11) is 0. The van der Waals surface area contributed by atoms with Crippen molar-refractivity contribution in [1.82, 2.24) is 14.9 Å². The smallest absolute Gasteiger partial charge is 0.262 e. The van der Waals surface area contributed by atoms with Crippen LogP contribution in [-0.2, 0) is 13.0 Å². The van der Waals surface area contributed by atoms with Gasteiger partial charge in [-0.15, -0.1) is 0 Å². The van der Waals surface area contributed by atoms with Crippen LogP contribution in [0.25, 0.3) is 0 Å². The van der Waals surface area contributed by atoms with Crippen LogP contribution in [-0.4, -0.2) is 20.8 Å². The number of nitrogens with one attached hydrogen (secondary N) is 1. The molecule has 1 saturated carbocycles. The van der Waals surface area contributed by atoms with Crippen molar-refractivity contribution in [2.24, 2.45) is 5.92 Å². The molecule has 112 valence electrons. The predicted octanol–water partition coefficient (Wildman–Crippen LogP) is 2.71. The van der Waals surface area contributed by atoms with Crippen LogP contribution in [0.1, 0.15) is 47.1 Å². The van der Waals surface area contributed by atoms with Crippen molar-refractivity contribution >= 4 is 11.7 Å². The van der Waals surface area contributed by atoms with Gasteiger partial charge in [0.15, 0.2) is 0 Å². The maximum atomic E-state index is 12.5. The zero-order chi connectivity index (χ0) is 15.0. The molecular formula is C15H20N4O2. The summed E-state index contributed by atoms with van der Waals surface area (Å²) in [6, 6.07) is 0. The third-order valence-corrected chi connectivity index (χ3v) is 3.88. The highest BCUT2D eigenvalue weighted by molar-refractivity contribution is 6.05. The Balaban J connectivity index is 1.84. The quantitative estimate of drug-likeness (QED) is 0.918. The lowest BCUT2D eigenvalue weighted by atomic mass is 10.1. The van der Waals surface area contributed by atoms with Gasteiger partial charge < -0.3 is 9.84 Å². The summed E-state index contributed by atoms with van der Waals surface area (Å²) in [5, 5.41) is 11.3. The summed E-state index contributed by atoms with van der Waals surface area (Å²) in [6.07, 6.45) is 4.95. The molecule has 0 aromatic carbocycles. The van der Waals surface area contributed by atoms with Crippen molar-refractivity contribution < 1.29 is 9.32 Å². The van der Waals surface area contributed by atoms with Crippen LogP contribution >= 0.6 is 0 Å². The second-order valence-corrected chi connectivity index (χ2v) is 5.67. The molecule has 1 aliphatic rings. The van der Waals surface area contributed by atoms with Crippen LogP contribution in [0, 0.1) is 19.8 Å². The maximum absolute atomic E-state index is 12.5. The van der Waals surface area contributed by atoms with Crippen molar-refractivity contribution in [1.29, 1.82) is 0 Å². The molecule has 0 atom stereocenters. The van der Waals surface area contributed by atoms with Gasteiger partial charge in [0.2, 0.25) is 0 Å². The second kappa shape index (κ2) is 5.35. The average molecular weight is 288 g/mol. The first-order chi connectivity index (χ1) is 10.1.